The number of alkyl halides is 1. The molecular formula is C10H12BrN3O3. The summed E-state index contributed by atoms with van der Waals surface area (Å²) in [7, 11) is 1.29. The van der Waals surface area contributed by atoms with Crippen LogP contribution in [0.3, 0.4) is 0 Å². The van der Waals surface area contributed by atoms with Crippen molar-refractivity contribution < 1.29 is 14.3 Å². The van der Waals surface area contributed by atoms with Crippen molar-refractivity contribution in [3.63, 3.8) is 0 Å². The smallest absolute Gasteiger partial charge is 0.358 e. The van der Waals surface area contributed by atoms with Crippen LogP contribution in [0.25, 0.3) is 0 Å². The van der Waals surface area contributed by atoms with Gasteiger partial charge >= 0.3 is 5.97 Å². The molecule has 17 heavy (non-hydrogen) atoms. The van der Waals surface area contributed by atoms with E-state index in [2.05, 4.69) is 30.9 Å². The summed E-state index contributed by atoms with van der Waals surface area (Å²) < 4.78 is 4.63. The number of amides is 1. The topological polar surface area (TPSA) is 75.3 Å². The van der Waals surface area contributed by atoms with Gasteiger partial charge in [-0.1, -0.05) is 15.9 Å². The van der Waals surface area contributed by atoms with Crippen molar-refractivity contribution in [2.24, 2.45) is 5.92 Å². The molecule has 2 heterocycles. The summed E-state index contributed by atoms with van der Waals surface area (Å²) in [6.07, 6.45) is 1.96. The van der Waals surface area contributed by atoms with Gasteiger partial charge in [0, 0.05) is 18.3 Å². The molecule has 7 heteroatoms. The molecular weight excluding hydrogens is 290 g/mol. The predicted octanol–water partition coefficient (Wildman–Crippen LogP) is 0.944. The lowest BCUT2D eigenvalue weighted by Gasteiger charge is -2.15. The van der Waals surface area contributed by atoms with Gasteiger partial charge in [-0.05, 0) is 5.92 Å². The third-order valence-corrected chi connectivity index (χ3v) is 3.64. The van der Waals surface area contributed by atoms with Gasteiger partial charge in [0.05, 0.1) is 19.0 Å². The van der Waals surface area contributed by atoms with Crippen molar-refractivity contribution in [2.45, 2.75) is 6.42 Å². The zero-order valence-corrected chi connectivity index (χ0v) is 10.9. The van der Waals surface area contributed by atoms with Crippen molar-refractivity contribution >= 4 is 33.5 Å². The van der Waals surface area contributed by atoms with Crippen molar-refractivity contribution in [3.05, 3.63) is 11.9 Å². The minimum atomic E-state index is -0.521. The van der Waals surface area contributed by atoms with Crippen molar-refractivity contribution in [1.29, 1.82) is 0 Å². The molecule has 1 aliphatic rings. The lowest BCUT2D eigenvalue weighted by Crippen LogP contribution is -2.26. The fraction of sp³-hybridized carbons (Fsp3) is 0.500. The molecule has 1 N–H and O–H groups in total. The predicted molar refractivity (Wildman–Crippen MR) is 64.2 cm³/mol. The maximum Gasteiger partial charge on any atom is 0.358 e. The van der Waals surface area contributed by atoms with E-state index >= 15 is 0 Å². The third-order valence-electron chi connectivity index (χ3n) is 2.72. The van der Waals surface area contributed by atoms with Gasteiger partial charge in [-0.3, -0.25) is 9.89 Å². The number of nitrogens with zero attached hydrogens (tertiary/aromatic N) is 2. The molecule has 0 aliphatic carbocycles. The van der Waals surface area contributed by atoms with E-state index in [0.29, 0.717) is 18.7 Å². The summed E-state index contributed by atoms with van der Waals surface area (Å²) in [5.74, 6) is -0.253. The van der Waals surface area contributed by atoms with Crippen LogP contribution < -0.4 is 4.90 Å². The SMILES string of the molecule is COC(=O)c1[nH]ncc1N1CC(CBr)CC1=O. The number of anilines is 1. The number of rotatable bonds is 3. The van der Waals surface area contributed by atoms with Gasteiger partial charge in [0.2, 0.25) is 5.91 Å². The Hall–Kier alpha value is -1.37. The molecule has 0 saturated carbocycles. The number of hydrogen-bond donors (Lipinski definition) is 1. The van der Waals surface area contributed by atoms with Crippen LogP contribution in [0.5, 0.6) is 0 Å². The molecule has 1 saturated heterocycles. The Morgan fingerprint density at radius 2 is 2.53 bits per heavy atom. The van der Waals surface area contributed by atoms with E-state index in [4.69, 9.17) is 0 Å². The molecule has 2 rings (SSSR count). The van der Waals surface area contributed by atoms with Crippen LogP contribution in [0.2, 0.25) is 0 Å². The number of esters is 1. The average molecular weight is 302 g/mol. The highest BCUT2D eigenvalue weighted by molar-refractivity contribution is 9.09. The first-order valence-corrected chi connectivity index (χ1v) is 6.27. The second kappa shape index (κ2) is 4.87. The lowest BCUT2D eigenvalue weighted by molar-refractivity contribution is -0.117. The van der Waals surface area contributed by atoms with Crippen LogP contribution >= 0.6 is 15.9 Å². The molecule has 1 fully saturated rings. The fourth-order valence-corrected chi connectivity index (χ4v) is 2.29. The standard InChI is InChI=1S/C10H12BrN3O3/c1-17-10(16)9-7(4-12-13-9)14-5-6(3-11)2-8(14)15/h4,6H,2-3,5H2,1H3,(H,12,13). The number of carbonyl (C=O) groups is 2. The Morgan fingerprint density at radius 3 is 3.12 bits per heavy atom. The Bertz CT molecular complexity index is 446. The van der Waals surface area contributed by atoms with Crippen molar-refractivity contribution in [2.75, 3.05) is 23.9 Å². The van der Waals surface area contributed by atoms with E-state index in [0.717, 1.165) is 5.33 Å². The van der Waals surface area contributed by atoms with Gasteiger partial charge in [-0.2, -0.15) is 5.10 Å². The van der Waals surface area contributed by atoms with Gasteiger partial charge in [0.1, 0.15) is 0 Å². The third kappa shape index (κ3) is 2.19. The number of carbonyl (C=O) groups excluding carboxylic acids is 2. The molecule has 92 valence electrons. The van der Waals surface area contributed by atoms with Gasteiger partial charge in [0.15, 0.2) is 5.69 Å². The van der Waals surface area contributed by atoms with E-state index in [1.807, 2.05) is 0 Å². The van der Waals surface area contributed by atoms with E-state index in [-0.39, 0.29) is 17.5 Å². The van der Waals surface area contributed by atoms with Crippen molar-refractivity contribution in [3.8, 4) is 0 Å². The highest BCUT2D eigenvalue weighted by atomic mass is 79.9. The highest BCUT2D eigenvalue weighted by Crippen LogP contribution is 2.28. The number of hydrogen-bond acceptors (Lipinski definition) is 4. The minimum Gasteiger partial charge on any atom is -0.464 e. The van der Waals surface area contributed by atoms with E-state index in [1.165, 1.54) is 13.3 Å². The molecule has 0 bridgehead atoms. The highest BCUT2D eigenvalue weighted by Gasteiger charge is 2.33. The molecule has 1 amide bonds. The number of methoxy groups -OCH3 is 1. The summed E-state index contributed by atoms with van der Waals surface area (Å²) in [6, 6.07) is 0. The van der Waals surface area contributed by atoms with Crippen LogP contribution in [0.15, 0.2) is 6.20 Å². The molecule has 1 aromatic heterocycles. The Morgan fingerprint density at radius 1 is 1.76 bits per heavy atom. The van der Waals surface area contributed by atoms with Crippen LogP contribution in [0, 0.1) is 5.92 Å². The number of aromatic nitrogens is 2. The maximum absolute atomic E-state index is 11.8. The minimum absolute atomic E-state index is 0.000929. The summed E-state index contributed by atoms with van der Waals surface area (Å²) >= 11 is 3.36. The van der Waals surface area contributed by atoms with E-state index in [1.54, 1.807) is 4.90 Å². The van der Waals surface area contributed by atoms with Crippen molar-refractivity contribution in [1.82, 2.24) is 10.2 Å². The molecule has 0 radical (unpaired) electrons. The molecule has 0 aromatic carbocycles. The molecule has 6 nitrogen and oxygen atoms in total. The second-order valence-electron chi connectivity index (χ2n) is 3.85. The Balaban J connectivity index is 2.26. The second-order valence-corrected chi connectivity index (χ2v) is 4.50. The molecule has 1 aromatic rings. The van der Waals surface area contributed by atoms with E-state index in [9.17, 15) is 9.59 Å². The number of aromatic amines is 1. The molecule has 1 aliphatic heterocycles. The summed E-state index contributed by atoms with van der Waals surface area (Å²) in [5.41, 5.74) is 0.710. The number of nitrogens with one attached hydrogen (secondary N) is 1. The molecule has 0 spiro atoms. The van der Waals surface area contributed by atoms with Gasteiger partial charge in [0.25, 0.3) is 0 Å². The first kappa shape index (κ1) is 12.1. The van der Waals surface area contributed by atoms with E-state index < -0.39 is 5.97 Å². The summed E-state index contributed by atoms with van der Waals surface area (Å²) in [5, 5.41) is 7.11. The number of ether oxygens (including phenoxy) is 1. The summed E-state index contributed by atoms with van der Waals surface area (Å²) in [6.45, 7) is 0.591. The Labute approximate surface area is 106 Å². The monoisotopic (exact) mass is 301 g/mol. The zero-order chi connectivity index (χ0) is 12.4. The van der Waals surface area contributed by atoms with Crippen LogP contribution in [0.4, 0.5) is 5.69 Å². The summed E-state index contributed by atoms with van der Waals surface area (Å²) in [4.78, 5) is 24.9. The first-order valence-electron chi connectivity index (χ1n) is 5.15. The van der Waals surface area contributed by atoms with Gasteiger partial charge in [-0.25, -0.2) is 4.79 Å². The lowest BCUT2D eigenvalue weighted by atomic mass is 10.2. The van der Waals surface area contributed by atoms with Crippen LogP contribution in [0.1, 0.15) is 16.9 Å². The number of halogens is 1. The number of H-pyrrole nitrogens is 1. The normalized spacial score (nSPS) is 19.8. The van der Waals surface area contributed by atoms with Crippen LogP contribution in [-0.2, 0) is 9.53 Å². The average Bonchev–Trinajstić information content (AvgIpc) is 2.93. The zero-order valence-electron chi connectivity index (χ0n) is 9.27. The Kier molecular flexibility index (Phi) is 3.46. The van der Waals surface area contributed by atoms with Gasteiger partial charge < -0.3 is 9.64 Å². The molecule has 1 unspecified atom stereocenters. The first-order chi connectivity index (χ1) is 8.17. The fourth-order valence-electron chi connectivity index (χ4n) is 1.85. The van der Waals surface area contributed by atoms with Gasteiger partial charge in [-0.15, -0.1) is 0 Å². The van der Waals surface area contributed by atoms with Crippen LogP contribution in [-0.4, -0.2) is 41.1 Å². The quantitative estimate of drug-likeness (QED) is 0.666. The largest absolute Gasteiger partial charge is 0.464 e. The maximum atomic E-state index is 11.8. The molecule has 1 atom stereocenters.